The summed E-state index contributed by atoms with van der Waals surface area (Å²) in [6.07, 6.45) is 0.961. The Balaban J connectivity index is 1.38. The smallest absolute Gasteiger partial charge is 0.120 e. The van der Waals surface area contributed by atoms with Crippen molar-refractivity contribution in [3.05, 3.63) is 84.9 Å². The number of hydrogen-bond donors (Lipinski definition) is 0. The Hall–Kier alpha value is -3.00. The van der Waals surface area contributed by atoms with Gasteiger partial charge >= 0.3 is 0 Å². The first-order valence-corrected chi connectivity index (χ1v) is 9.48. The SMILES string of the molecule is C[C@@H](C[C@H](C)Oc1ccc2ccccc2c1)Oc1ccc2ccccc2c1. The van der Waals surface area contributed by atoms with Gasteiger partial charge in [-0.2, -0.15) is 0 Å². The minimum atomic E-state index is 0.0709. The first-order valence-electron chi connectivity index (χ1n) is 9.48. The fraction of sp³-hybridized carbons (Fsp3) is 0.200. The number of rotatable bonds is 6. The molecule has 0 aliphatic heterocycles. The van der Waals surface area contributed by atoms with Gasteiger partial charge in [-0.3, -0.25) is 0 Å². The third-order valence-corrected chi connectivity index (χ3v) is 4.78. The molecular formula is C25H24O2. The predicted molar refractivity (Wildman–Crippen MR) is 113 cm³/mol. The molecule has 136 valence electrons. The summed E-state index contributed by atoms with van der Waals surface area (Å²) in [5, 5.41) is 4.85. The van der Waals surface area contributed by atoms with E-state index in [1.165, 1.54) is 21.5 Å². The summed E-state index contributed by atoms with van der Waals surface area (Å²) in [4.78, 5) is 0. The largest absolute Gasteiger partial charge is 0.491 e. The lowest BCUT2D eigenvalue weighted by molar-refractivity contribution is 0.131. The molecule has 4 rings (SSSR count). The van der Waals surface area contributed by atoms with Crippen LogP contribution in [0.15, 0.2) is 84.9 Å². The summed E-state index contributed by atoms with van der Waals surface area (Å²) in [6.45, 7) is 4.19. The molecule has 0 saturated heterocycles. The minimum absolute atomic E-state index is 0.0709. The van der Waals surface area contributed by atoms with Crippen LogP contribution >= 0.6 is 0 Å². The Morgan fingerprint density at radius 2 is 0.963 bits per heavy atom. The van der Waals surface area contributed by atoms with E-state index in [2.05, 4.69) is 86.6 Å². The van der Waals surface area contributed by atoms with Gasteiger partial charge in [0.15, 0.2) is 0 Å². The molecule has 0 radical (unpaired) electrons. The molecule has 0 amide bonds. The molecule has 0 spiro atoms. The molecule has 4 aromatic rings. The maximum absolute atomic E-state index is 6.12. The molecule has 4 aromatic carbocycles. The van der Waals surface area contributed by atoms with E-state index in [1.807, 2.05) is 12.1 Å². The van der Waals surface area contributed by atoms with Gasteiger partial charge in [-0.15, -0.1) is 0 Å². The zero-order valence-corrected chi connectivity index (χ0v) is 15.8. The Morgan fingerprint density at radius 1 is 0.556 bits per heavy atom. The first-order chi connectivity index (χ1) is 13.2. The Bertz CT molecular complexity index is 969. The standard InChI is InChI=1S/C25H24O2/c1-18(26-24-13-11-20-7-3-5-9-22(20)16-24)15-19(2)27-25-14-12-21-8-4-6-10-23(21)17-25/h3-14,16-19H,15H2,1-2H3/t18-,19-/m0/s1. The Morgan fingerprint density at radius 3 is 1.41 bits per heavy atom. The van der Waals surface area contributed by atoms with Crippen molar-refractivity contribution in [2.45, 2.75) is 32.5 Å². The lowest BCUT2D eigenvalue weighted by atomic mass is 10.1. The first kappa shape index (κ1) is 17.4. The maximum atomic E-state index is 6.12. The zero-order chi connectivity index (χ0) is 18.6. The van der Waals surface area contributed by atoms with Gasteiger partial charge in [0.05, 0.1) is 12.2 Å². The molecule has 0 N–H and O–H groups in total. The van der Waals surface area contributed by atoms with Crippen LogP contribution < -0.4 is 9.47 Å². The van der Waals surface area contributed by atoms with Gasteiger partial charge in [0.1, 0.15) is 11.5 Å². The van der Waals surface area contributed by atoms with Gasteiger partial charge in [0.2, 0.25) is 0 Å². The molecule has 0 aromatic heterocycles. The highest BCUT2D eigenvalue weighted by molar-refractivity contribution is 5.84. The molecule has 0 aliphatic rings. The van der Waals surface area contributed by atoms with E-state index in [1.54, 1.807) is 0 Å². The van der Waals surface area contributed by atoms with Crippen molar-refractivity contribution < 1.29 is 9.47 Å². The van der Waals surface area contributed by atoms with Gasteiger partial charge in [-0.05, 0) is 59.7 Å². The third kappa shape index (κ3) is 4.22. The molecule has 27 heavy (non-hydrogen) atoms. The Kier molecular flexibility index (Phi) is 4.97. The molecule has 0 unspecified atom stereocenters. The summed E-state index contributed by atoms with van der Waals surface area (Å²) < 4.78 is 12.2. The highest BCUT2D eigenvalue weighted by Gasteiger charge is 2.12. The quantitative estimate of drug-likeness (QED) is 0.386. The lowest BCUT2D eigenvalue weighted by Gasteiger charge is -2.20. The molecule has 0 aliphatic carbocycles. The van der Waals surface area contributed by atoms with Crippen molar-refractivity contribution in [2.24, 2.45) is 0 Å². The second-order valence-electron chi connectivity index (χ2n) is 7.11. The van der Waals surface area contributed by atoms with Crippen molar-refractivity contribution in [1.29, 1.82) is 0 Å². The van der Waals surface area contributed by atoms with E-state index in [9.17, 15) is 0 Å². The molecular weight excluding hydrogens is 332 g/mol. The van der Waals surface area contributed by atoms with Crippen molar-refractivity contribution >= 4 is 21.5 Å². The fourth-order valence-electron chi connectivity index (χ4n) is 3.51. The van der Waals surface area contributed by atoms with Crippen LogP contribution in [0.3, 0.4) is 0 Å². The van der Waals surface area contributed by atoms with Gasteiger partial charge in [0, 0.05) is 6.42 Å². The average molecular weight is 356 g/mol. The summed E-state index contributed by atoms with van der Waals surface area (Å²) >= 11 is 0. The third-order valence-electron chi connectivity index (χ3n) is 4.78. The molecule has 0 saturated carbocycles. The second-order valence-corrected chi connectivity index (χ2v) is 7.11. The van der Waals surface area contributed by atoms with Crippen LogP contribution in [0.2, 0.25) is 0 Å². The molecule has 0 heterocycles. The van der Waals surface area contributed by atoms with E-state index in [4.69, 9.17) is 9.47 Å². The van der Waals surface area contributed by atoms with Crippen LogP contribution in [-0.4, -0.2) is 12.2 Å². The van der Waals surface area contributed by atoms with Crippen LogP contribution in [0.25, 0.3) is 21.5 Å². The summed E-state index contributed by atoms with van der Waals surface area (Å²) in [5.41, 5.74) is 0. The average Bonchev–Trinajstić information content (AvgIpc) is 2.67. The van der Waals surface area contributed by atoms with Crippen molar-refractivity contribution in [3.8, 4) is 11.5 Å². The lowest BCUT2D eigenvalue weighted by Crippen LogP contribution is -2.22. The van der Waals surface area contributed by atoms with E-state index in [0.29, 0.717) is 0 Å². The maximum Gasteiger partial charge on any atom is 0.120 e. The van der Waals surface area contributed by atoms with Crippen molar-refractivity contribution in [2.75, 3.05) is 0 Å². The van der Waals surface area contributed by atoms with E-state index in [-0.39, 0.29) is 12.2 Å². The van der Waals surface area contributed by atoms with Gasteiger partial charge in [0.25, 0.3) is 0 Å². The van der Waals surface area contributed by atoms with E-state index >= 15 is 0 Å². The van der Waals surface area contributed by atoms with Crippen molar-refractivity contribution in [1.82, 2.24) is 0 Å². The highest BCUT2D eigenvalue weighted by atomic mass is 16.5. The van der Waals surface area contributed by atoms with Crippen LogP contribution in [0.5, 0.6) is 11.5 Å². The van der Waals surface area contributed by atoms with Crippen LogP contribution in [0.4, 0.5) is 0 Å². The number of benzene rings is 4. The predicted octanol–water partition coefficient (Wildman–Crippen LogP) is 6.62. The summed E-state index contributed by atoms with van der Waals surface area (Å²) in [7, 11) is 0. The van der Waals surface area contributed by atoms with E-state index in [0.717, 1.165) is 17.9 Å². The topological polar surface area (TPSA) is 18.5 Å². The summed E-state index contributed by atoms with van der Waals surface area (Å²) in [6, 6.07) is 29.1. The number of ether oxygens (including phenoxy) is 2. The normalized spacial score (nSPS) is 13.4. The molecule has 0 fully saturated rings. The highest BCUT2D eigenvalue weighted by Crippen LogP contribution is 2.24. The summed E-state index contributed by atoms with van der Waals surface area (Å²) in [5.74, 6) is 1.80. The van der Waals surface area contributed by atoms with Crippen LogP contribution in [-0.2, 0) is 0 Å². The van der Waals surface area contributed by atoms with Gasteiger partial charge < -0.3 is 9.47 Å². The zero-order valence-electron chi connectivity index (χ0n) is 15.8. The second kappa shape index (κ2) is 7.71. The Labute approximate surface area is 160 Å². The molecule has 2 heteroatoms. The number of fused-ring (bicyclic) bond motifs is 2. The molecule has 0 bridgehead atoms. The minimum Gasteiger partial charge on any atom is -0.491 e. The fourth-order valence-corrected chi connectivity index (χ4v) is 3.51. The molecule has 2 nitrogen and oxygen atoms in total. The molecule has 2 atom stereocenters. The number of hydrogen-bond acceptors (Lipinski definition) is 2. The van der Waals surface area contributed by atoms with Crippen LogP contribution in [0, 0.1) is 0 Å². The van der Waals surface area contributed by atoms with Gasteiger partial charge in [-0.1, -0.05) is 60.7 Å². The van der Waals surface area contributed by atoms with E-state index < -0.39 is 0 Å². The van der Waals surface area contributed by atoms with Crippen LogP contribution in [0.1, 0.15) is 20.3 Å². The van der Waals surface area contributed by atoms with Gasteiger partial charge in [-0.25, -0.2) is 0 Å². The van der Waals surface area contributed by atoms with Crippen molar-refractivity contribution in [3.63, 3.8) is 0 Å². The monoisotopic (exact) mass is 356 g/mol.